The summed E-state index contributed by atoms with van der Waals surface area (Å²) in [5.74, 6) is 2.31. The lowest BCUT2D eigenvalue weighted by atomic mass is 9.53. The largest absolute Gasteiger partial charge is 0.389 e. The van der Waals surface area contributed by atoms with Gasteiger partial charge in [0.25, 0.3) is 0 Å². The zero-order valence-corrected chi connectivity index (χ0v) is 21.3. The quantitative estimate of drug-likeness (QED) is 0.610. The highest BCUT2D eigenvalue weighted by Crippen LogP contribution is 2.64. The lowest BCUT2D eigenvalue weighted by Gasteiger charge is -2.53. The molecule has 3 aliphatic rings. The summed E-state index contributed by atoms with van der Waals surface area (Å²) in [5, 5.41) is 17.1. The number of fused-ring (bicyclic) bond motifs is 5. The normalized spacial score (nSPS) is 32.7. The van der Waals surface area contributed by atoms with Crippen molar-refractivity contribution in [3.05, 3.63) is 64.7 Å². The summed E-state index contributed by atoms with van der Waals surface area (Å²) in [5.41, 5.74) is 4.30. The fraction of sp³-hybridized carbons (Fsp3) is 0.571. The molecule has 5 rings (SSSR count). The Kier molecular flexibility index (Phi) is 5.85. The van der Waals surface area contributed by atoms with Crippen molar-refractivity contribution in [1.82, 2.24) is 0 Å². The summed E-state index contributed by atoms with van der Waals surface area (Å²) >= 11 is 0. The van der Waals surface area contributed by atoms with E-state index in [1.54, 1.807) is 6.07 Å². The summed E-state index contributed by atoms with van der Waals surface area (Å²) in [4.78, 5) is 0. The second-order valence-electron chi connectivity index (χ2n) is 11.5. The van der Waals surface area contributed by atoms with Gasteiger partial charge in [-0.2, -0.15) is 13.6 Å². The molecule has 5 atom stereocenters. The van der Waals surface area contributed by atoms with Gasteiger partial charge in [0.05, 0.1) is 5.60 Å². The first-order chi connectivity index (χ1) is 16.0. The van der Waals surface area contributed by atoms with E-state index >= 15 is 0 Å². The number of nitrogens with two attached hydrogens (primary N) is 1. The average Bonchev–Trinajstić information content (AvgIpc) is 3.03. The molecule has 0 saturated heterocycles. The molecule has 0 heterocycles. The van der Waals surface area contributed by atoms with E-state index in [4.69, 9.17) is 9.32 Å². The standard InChI is InChI=1S/C28H37NO4S/c1-18(2)20-6-4-19(5-7-20)17-28(30)15-13-26-25-10-8-21-16-22(33-34(29,31)32)9-11-23(21)24(25)12-14-27(26,28)3/h4-7,9,11,16,18,24-26,30H,8,10,12-15,17H2,1-3H3,(H2,29,31,32)/t24-,25-,26+,27+,28-/m1/s1. The third-order valence-electron chi connectivity index (χ3n) is 9.37. The minimum absolute atomic E-state index is 0.0843. The van der Waals surface area contributed by atoms with Crippen LogP contribution in [0.3, 0.4) is 0 Å². The second-order valence-corrected chi connectivity index (χ2v) is 12.6. The van der Waals surface area contributed by atoms with E-state index < -0.39 is 15.9 Å². The fourth-order valence-electron chi connectivity index (χ4n) is 7.50. The van der Waals surface area contributed by atoms with Gasteiger partial charge in [-0.3, -0.25) is 0 Å². The minimum atomic E-state index is -4.02. The Morgan fingerprint density at radius 2 is 1.82 bits per heavy atom. The predicted molar refractivity (Wildman–Crippen MR) is 134 cm³/mol. The summed E-state index contributed by atoms with van der Waals surface area (Å²) in [7, 11) is -4.02. The van der Waals surface area contributed by atoms with Crippen molar-refractivity contribution in [1.29, 1.82) is 0 Å². The molecule has 6 heteroatoms. The van der Waals surface area contributed by atoms with Crippen molar-refractivity contribution < 1.29 is 17.7 Å². The number of rotatable bonds is 5. The lowest BCUT2D eigenvalue weighted by Crippen LogP contribution is -2.51. The fourth-order valence-corrected chi connectivity index (χ4v) is 7.88. The van der Waals surface area contributed by atoms with Gasteiger partial charge in [-0.1, -0.05) is 51.1 Å². The first-order valence-electron chi connectivity index (χ1n) is 12.7. The van der Waals surface area contributed by atoms with Crippen LogP contribution in [0.4, 0.5) is 0 Å². The van der Waals surface area contributed by atoms with Crippen LogP contribution >= 0.6 is 0 Å². The number of aliphatic hydroxyl groups is 1. The van der Waals surface area contributed by atoms with Gasteiger partial charge < -0.3 is 9.29 Å². The second kappa shape index (κ2) is 8.35. The molecule has 3 aliphatic carbocycles. The molecule has 0 aliphatic heterocycles. The molecule has 3 N–H and O–H groups in total. The zero-order chi connectivity index (χ0) is 24.3. The maximum atomic E-state index is 12.0. The molecule has 34 heavy (non-hydrogen) atoms. The first kappa shape index (κ1) is 23.8. The van der Waals surface area contributed by atoms with E-state index in [2.05, 4.69) is 45.0 Å². The molecule has 2 saturated carbocycles. The average molecular weight is 484 g/mol. The Balaban J connectivity index is 1.37. The zero-order valence-electron chi connectivity index (χ0n) is 20.5. The van der Waals surface area contributed by atoms with Crippen LogP contribution in [0.5, 0.6) is 5.75 Å². The Bertz CT molecular complexity index is 1180. The van der Waals surface area contributed by atoms with E-state index in [1.165, 1.54) is 22.3 Å². The minimum Gasteiger partial charge on any atom is -0.389 e. The summed E-state index contributed by atoms with van der Waals surface area (Å²) in [6, 6.07) is 14.4. The van der Waals surface area contributed by atoms with Crippen LogP contribution in [0.15, 0.2) is 42.5 Å². The topological polar surface area (TPSA) is 89.6 Å². The molecule has 0 unspecified atom stereocenters. The highest BCUT2D eigenvalue weighted by atomic mass is 32.2. The van der Waals surface area contributed by atoms with Crippen LogP contribution in [0.2, 0.25) is 0 Å². The molecule has 2 fully saturated rings. The SMILES string of the molecule is CC(C)c1ccc(C[C@]2(O)CC[C@H]3[C@@H]4CCc5cc(OS(N)(=O)=O)ccc5[C@H]4CC[C@@]32C)cc1. The van der Waals surface area contributed by atoms with E-state index in [-0.39, 0.29) is 5.41 Å². The van der Waals surface area contributed by atoms with Gasteiger partial charge in [-0.15, -0.1) is 0 Å². The van der Waals surface area contributed by atoms with Crippen LogP contribution in [0.1, 0.15) is 87.0 Å². The third kappa shape index (κ3) is 4.08. The molecular formula is C28H37NO4S. The molecule has 2 aromatic carbocycles. The summed E-state index contributed by atoms with van der Waals surface area (Å²) in [6.45, 7) is 6.75. The highest BCUT2D eigenvalue weighted by molar-refractivity contribution is 7.84. The van der Waals surface area contributed by atoms with Gasteiger partial charge in [-0.05, 0) is 102 Å². The van der Waals surface area contributed by atoms with Crippen LogP contribution in [0.25, 0.3) is 0 Å². The summed E-state index contributed by atoms with van der Waals surface area (Å²) in [6.07, 6.45) is 6.68. The Hall–Kier alpha value is -1.89. The predicted octanol–water partition coefficient (Wildman–Crippen LogP) is 5.22. The van der Waals surface area contributed by atoms with E-state index in [9.17, 15) is 13.5 Å². The number of aryl methyl sites for hydroxylation is 1. The molecule has 0 radical (unpaired) electrons. The van der Waals surface area contributed by atoms with Crippen LogP contribution in [0, 0.1) is 17.3 Å². The first-order valence-corrected chi connectivity index (χ1v) is 14.1. The molecule has 184 valence electrons. The van der Waals surface area contributed by atoms with E-state index in [1.807, 2.05) is 12.1 Å². The van der Waals surface area contributed by atoms with Crippen molar-refractivity contribution in [2.75, 3.05) is 0 Å². The Labute approximate surface area is 204 Å². The highest BCUT2D eigenvalue weighted by Gasteiger charge is 2.61. The molecule has 0 aromatic heterocycles. The summed E-state index contributed by atoms with van der Waals surface area (Å²) < 4.78 is 27.6. The lowest BCUT2D eigenvalue weighted by molar-refractivity contribution is -0.102. The number of hydrogen-bond donors (Lipinski definition) is 2. The van der Waals surface area contributed by atoms with Crippen LogP contribution in [-0.4, -0.2) is 19.1 Å². The van der Waals surface area contributed by atoms with Crippen molar-refractivity contribution in [3.8, 4) is 5.75 Å². The molecule has 2 aromatic rings. The molecule has 0 spiro atoms. The number of benzene rings is 2. The van der Waals surface area contributed by atoms with Crippen molar-refractivity contribution in [2.24, 2.45) is 22.4 Å². The Morgan fingerprint density at radius 1 is 1.09 bits per heavy atom. The maximum Gasteiger partial charge on any atom is 0.380 e. The molecular weight excluding hydrogens is 446 g/mol. The smallest absolute Gasteiger partial charge is 0.380 e. The Morgan fingerprint density at radius 3 is 2.50 bits per heavy atom. The van der Waals surface area contributed by atoms with Crippen molar-refractivity contribution in [3.63, 3.8) is 0 Å². The van der Waals surface area contributed by atoms with Gasteiger partial charge >= 0.3 is 10.3 Å². The van der Waals surface area contributed by atoms with Gasteiger partial charge in [0.2, 0.25) is 0 Å². The van der Waals surface area contributed by atoms with Gasteiger partial charge in [0, 0.05) is 6.42 Å². The maximum absolute atomic E-state index is 12.0. The van der Waals surface area contributed by atoms with Crippen LogP contribution in [-0.2, 0) is 23.1 Å². The van der Waals surface area contributed by atoms with Gasteiger partial charge in [0.1, 0.15) is 5.75 Å². The molecule has 5 nitrogen and oxygen atoms in total. The van der Waals surface area contributed by atoms with E-state index in [0.29, 0.717) is 29.4 Å². The van der Waals surface area contributed by atoms with Gasteiger partial charge in [0.15, 0.2) is 0 Å². The monoisotopic (exact) mass is 483 g/mol. The van der Waals surface area contributed by atoms with Crippen molar-refractivity contribution >= 4 is 10.3 Å². The number of hydrogen-bond acceptors (Lipinski definition) is 4. The third-order valence-corrected chi connectivity index (χ3v) is 9.80. The van der Waals surface area contributed by atoms with Crippen molar-refractivity contribution in [2.45, 2.75) is 83.2 Å². The molecule has 0 amide bonds. The van der Waals surface area contributed by atoms with Gasteiger partial charge in [-0.25, -0.2) is 0 Å². The molecule has 0 bridgehead atoms. The van der Waals surface area contributed by atoms with E-state index in [0.717, 1.165) is 44.9 Å². The van der Waals surface area contributed by atoms with Crippen LogP contribution < -0.4 is 9.32 Å².